The molecule has 1 heterocycles. The molecule has 0 saturated carbocycles. The highest BCUT2D eigenvalue weighted by molar-refractivity contribution is 14.1. The SMILES string of the molecule is Ic1cccc2c1CC[N]C2. The van der Waals surface area contributed by atoms with E-state index >= 15 is 0 Å². The minimum Gasteiger partial charge on any atom is -0.237 e. The van der Waals surface area contributed by atoms with Gasteiger partial charge in [-0.3, -0.25) is 0 Å². The van der Waals surface area contributed by atoms with E-state index in [2.05, 4.69) is 46.1 Å². The van der Waals surface area contributed by atoms with Gasteiger partial charge in [-0.05, 0) is 46.2 Å². The van der Waals surface area contributed by atoms with Crippen molar-refractivity contribution in [3.8, 4) is 0 Å². The van der Waals surface area contributed by atoms with Crippen molar-refractivity contribution in [3.05, 3.63) is 32.9 Å². The zero-order chi connectivity index (χ0) is 7.68. The van der Waals surface area contributed by atoms with Crippen LogP contribution in [0.2, 0.25) is 0 Å². The molecular formula is C9H9IN. The smallest absolute Gasteiger partial charge is 0.0387 e. The molecule has 0 unspecified atom stereocenters. The normalized spacial score (nSPS) is 16.1. The number of halogens is 1. The molecule has 0 atom stereocenters. The Labute approximate surface area is 80.3 Å². The van der Waals surface area contributed by atoms with Gasteiger partial charge in [0, 0.05) is 16.7 Å². The molecule has 1 aliphatic heterocycles. The van der Waals surface area contributed by atoms with E-state index in [1.54, 1.807) is 0 Å². The molecule has 0 fully saturated rings. The van der Waals surface area contributed by atoms with E-state index < -0.39 is 0 Å². The lowest BCUT2D eigenvalue weighted by Crippen LogP contribution is -2.18. The number of benzene rings is 1. The molecule has 57 valence electrons. The topological polar surface area (TPSA) is 14.1 Å². The second-order valence-corrected chi connectivity index (χ2v) is 3.90. The van der Waals surface area contributed by atoms with Crippen molar-refractivity contribution >= 4 is 22.6 Å². The Balaban J connectivity index is 2.49. The van der Waals surface area contributed by atoms with Crippen LogP contribution < -0.4 is 5.32 Å². The second kappa shape index (κ2) is 3.11. The largest absolute Gasteiger partial charge is 0.237 e. The van der Waals surface area contributed by atoms with Gasteiger partial charge in [0.25, 0.3) is 0 Å². The van der Waals surface area contributed by atoms with Gasteiger partial charge in [-0.25, -0.2) is 5.32 Å². The predicted octanol–water partition coefficient (Wildman–Crippen LogP) is 1.95. The highest BCUT2D eigenvalue weighted by Gasteiger charge is 2.10. The molecule has 0 bridgehead atoms. The molecular weight excluding hydrogens is 249 g/mol. The predicted molar refractivity (Wildman–Crippen MR) is 53.6 cm³/mol. The first-order valence-electron chi connectivity index (χ1n) is 3.77. The lowest BCUT2D eigenvalue weighted by molar-refractivity contribution is 0.628. The number of fused-ring (bicyclic) bond motifs is 1. The third kappa shape index (κ3) is 1.42. The van der Waals surface area contributed by atoms with Crippen molar-refractivity contribution in [2.75, 3.05) is 6.54 Å². The van der Waals surface area contributed by atoms with E-state index in [9.17, 15) is 0 Å². The summed E-state index contributed by atoms with van der Waals surface area (Å²) < 4.78 is 1.40. The van der Waals surface area contributed by atoms with E-state index in [0.29, 0.717) is 0 Å². The second-order valence-electron chi connectivity index (χ2n) is 2.73. The minimum atomic E-state index is 0.923. The first-order chi connectivity index (χ1) is 5.38. The molecule has 1 aromatic carbocycles. The van der Waals surface area contributed by atoms with Gasteiger partial charge in [0.05, 0.1) is 0 Å². The van der Waals surface area contributed by atoms with Gasteiger partial charge in [0.15, 0.2) is 0 Å². The summed E-state index contributed by atoms with van der Waals surface area (Å²) in [6.45, 7) is 1.93. The summed E-state index contributed by atoms with van der Waals surface area (Å²) in [5.41, 5.74) is 2.94. The summed E-state index contributed by atoms with van der Waals surface area (Å²) in [5, 5.41) is 4.36. The average Bonchev–Trinajstić information content (AvgIpc) is 2.06. The van der Waals surface area contributed by atoms with E-state index in [4.69, 9.17) is 0 Å². The van der Waals surface area contributed by atoms with Gasteiger partial charge in [-0.2, -0.15) is 0 Å². The summed E-state index contributed by atoms with van der Waals surface area (Å²) in [7, 11) is 0. The van der Waals surface area contributed by atoms with E-state index in [1.807, 2.05) is 0 Å². The highest BCUT2D eigenvalue weighted by Crippen LogP contribution is 2.20. The number of nitrogens with zero attached hydrogens (tertiary/aromatic N) is 1. The fourth-order valence-corrected chi connectivity index (χ4v) is 2.25. The molecule has 0 saturated heterocycles. The standard InChI is InChI=1S/C9H9IN/c10-9-3-1-2-7-6-11-5-4-8(7)9/h1-3H,4-6H2. The number of hydrogen-bond acceptors (Lipinski definition) is 0. The van der Waals surface area contributed by atoms with Gasteiger partial charge in [-0.1, -0.05) is 12.1 Å². The molecule has 0 N–H and O–H groups in total. The van der Waals surface area contributed by atoms with Crippen LogP contribution in [0.1, 0.15) is 11.1 Å². The van der Waals surface area contributed by atoms with Crippen molar-refractivity contribution in [2.24, 2.45) is 0 Å². The van der Waals surface area contributed by atoms with Gasteiger partial charge in [0.1, 0.15) is 0 Å². The first kappa shape index (κ1) is 7.55. The van der Waals surface area contributed by atoms with Crippen LogP contribution in [0.4, 0.5) is 0 Å². The zero-order valence-electron chi connectivity index (χ0n) is 6.18. The van der Waals surface area contributed by atoms with Crippen molar-refractivity contribution < 1.29 is 0 Å². The molecule has 0 aliphatic carbocycles. The molecule has 0 spiro atoms. The van der Waals surface area contributed by atoms with Crippen LogP contribution in [0.25, 0.3) is 0 Å². The summed E-state index contributed by atoms with van der Waals surface area (Å²) in [6, 6.07) is 6.46. The Morgan fingerprint density at radius 2 is 2.27 bits per heavy atom. The van der Waals surface area contributed by atoms with Crippen molar-refractivity contribution in [1.82, 2.24) is 5.32 Å². The van der Waals surface area contributed by atoms with Crippen LogP contribution in [0, 0.1) is 3.57 Å². The maximum absolute atomic E-state index is 4.36. The van der Waals surface area contributed by atoms with Gasteiger partial charge < -0.3 is 0 Å². The summed E-state index contributed by atoms with van der Waals surface area (Å²) in [5.74, 6) is 0. The van der Waals surface area contributed by atoms with Crippen LogP contribution in [-0.4, -0.2) is 6.54 Å². The van der Waals surface area contributed by atoms with Crippen LogP contribution in [-0.2, 0) is 13.0 Å². The minimum absolute atomic E-state index is 0.923. The van der Waals surface area contributed by atoms with Crippen molar-refractivity contribution in [1.29, 1.82) is 0 Å². The Kier molecular flexibility index (Phi) is 2.13. The molecule has 1 nitrogen and oxygen atoms in total. The monoisotopic (exact) mass is 258 g/mol. The molecule has 2 heteroatoms. The first-order valence-corrected chi connectivity index (χ1v) is 4.85. The summed E-state index contributed by atoms with van der Waals surface area (Å²) in [6.07, 6.45) is 1.13. The van der Waals surface area contributed by atoms with Crippen LogP contribution in [0.15, 0.2) is 18.2 Å². The summed E-state index contributed by atoms with van der Waals surface area (Å²) >= 11 is 2.40. The van der Waals surface area contributed by atoms with Crippen molar-refractivity contribution in [2.45, 2.75) is 13.0 Å². The summed E-state index contributed by atoms with van der Waals surface area (Å²) in [4.78, 5) is 0. The van der Waals surface area contributed by atoms with Gasteiger partial charge in [-0.15, -0.1) is 0 Å². The highest BCUT2D eigenvalue weighted by atomic mass is 127. The third-order valence-corrected chi connectivity index (χ3v) is 3.03. The Morgan fingerprint density at radius 3 is 3.09 bits per heavy atom. The van der Waals surface area contributed by atoms with E-state index in [-0.39, 0.29) is 0 Å². The Bertz CT molecular complexity index is 270. The molecule has 0 amide bonds. The zero-order valence-corrected chi connectivity index (χ0v) is 8.34. The maximum atomic E-state index is 4.36. The number of rotatable bonds is 0. The molecule has 0 aromatic heterocycles. The van der Waals surface area contributed by atoms with Crippen LogP contribution >= 0.6 is 22.6 Å². The Hall–Kier alpha value is -0.0900. The Morgan fingerprint density at radius 1 is 1.36 bits per heavy atom. The lowest BCUT2D eigenvalue weighted by atomic mass is 10.0. The molecule has 1 aromatic rings. The molecule has 2 rings (SSSR count). The van der Waals surface area contributed by atoms with Crippen LogP contribution in [0.3, 0.4) is 0 Å². The molecule has 1 aliphatic rings. The quantitative estimate of drug-likeness (QED) is 0.631. The van der Waals surface area contributed by atoms with E-state index in [1.165, 1.54) is 14.7 Å². The average molecular weight is 258 g/mol. The van der Waals surface area contributed by atoms with Crippen LogP contribution in [0.5, 0.6) is 0 Å². The third-order valence-electron chi connectivity index (χ3n) is 2.02. The molecule has 1 radical (unpaired) electrons. The van der Waals surface area contributed by atoms with Gasteiger partial charge >= 0.3 is 0 Å². The van der Waals surface area contributed by atoms with Crippen molar-refractivity contribution in [3.63, 3.8) is 0 Å². The fourth-order valence-electron chi connectivity index (χ4n) is 1.42. The number of hydrogen-bond donors (Lipinski definition) is 0. The maximum Gasteiger partial charge on any atom is 0.0387 e. The lowest BCUT2D eigenvalue weighted by Gasteiger charge is -2.16. The molecule has 11 heavy (non-hydrogen) atoms. The van der Waals surface area contributed by atoms with E-state index in [0.717, 1.165) is 19.5 Å². The fraction of sp³-hybridized carbons (Fsp3) is 0.333. The van der Waals surface area contributed by atoms with Gasteiger partial charge in [0.2, 0.25) is 0 Å².